The first-order valence-corrected chi connectivity index (χ1v) is 8.06. The van der Waals surface area contributed by atoms with Gasteiger partial charge in [-0.15, -0.1) is 0 Å². The van der Waals surface area contributed by atoms with Crippen LogP contribution >= 0.6 is 0 Å². The number of hydrogen-bond acceptors (Lipinski definition) is 3. The molecular formula is C20H20N2O2. The van der Waals surface area contributed by atoms with Crippen molar-refractivity contribution in [1.82, 2.24) is 0 Å². The van der Waals surface area contributed by atoms with Gasteiger partial charge in [0.2, 0.25) is 5.91 Å². The summed E-state index contributed by atoms with van der Waals surface area (Å²) >= 11 is 0. The summed E-state index contributed by atoms with van der Waals surface area (Å²) in [7, 11) is 0. The fraction of sp³-hybridized carbons (Fsp3) is 0.200. The Kier molecular flexibility index (Phi) is 4.75. The molecule has 2 aromatic rings. The fourth-order valence-corrected chi connectivity index (χ4v) is 2.99. The van der Waals surface area contributed by atoms with E-state index >= 15 is 0 Å². The van der Waals surface area contributed by atoms with Crippen LogP contribution in [-0.4, -0.2) is 11.7 Å². The molecule has 0 spiro atoms. The molecule has 0 saturated carbocycles. The Morgan fingerprint density at radius 3 is 2.12 bits per heavy atom. The zero-order valence-electron chi connectivity index (χ0n) is 13.5. The molecule has 2 aromatic carbocycles. The summed E-state index contributed by atoms with van der Waals surface area (Å²) in [6.07, 6.45) is 2.22. The molecule has 2 atom stereocenters. The Morgan fingerprint density at radius 2 is 1.54 bits per heavy atom. The van der Waals surface area contributed by atoms with Gasteiger partial charge in [-0.25, -0.2) is 0 Å². The third-order valence-electron chi connectivity index (χ3n) is 4.14. The molecule has 122 valence electrons. The van der Waals surface area contributed by atoms with E-state index in [1.807, 2.05) is 67.6 Å². The maximum Gasteiger partial charge on any atom is 0.235 e. The summed E-state index contributed by atoms with van der Waals surface area (Å²) in [6, 6.07) is 18.9. The zero-order chi connectivity index (χ0) is 16.9. The molecular weight excluding hydrogens is 300 g/mol. The highest BCUT2D eigenvalue weighted by Crippen LogP contribution is 2.29. The van der Waals surface area contributed by atoms with Gasteiger partial charge in [0.25, 0.3) is 0 Å². The van der Waals surface area contributed by atoms with Crippen LogP contribution in [0.2, 0.25) is 0 Å². The van der Waals surface area contributed by atoms with Crippen molar-refractivity contribution in [2.24, 2.45) is 11.8 Å². The van der Waals surface area contributed by atoms with Gasteiger partial charge >= 0.3 is 0 Å². The number of ketones is 1. The van der Waals surface area contributed by atoms with Gasteiger partial charge in [0.1, 0.15) is 5.92 Å². The first-order chi connectivity index (χ1) is 11.6. The number of carbonyl (C=O) groups is 2. The number of carbonyl (C=O) groups excluding carboxylic acids is 2. The number of para-hydroxylation sites is 2. The van der Waals surface area contributed by atoms with Crippen molar-refractivity contribution in [3.05, 3.63) is 72.4 Å². The molecule has 0 heterocycles. The summed E-state index contributed by atoms with van der Waals surface area (Å²) in [6.45, 7) is 1.94. The van der Waals surface area contributed by atoms with Crippen LogP contribution in [0.1, 0.15) is 13.3 Å². The van der Waals surface area contributed by atoms with Crippen LogP contribution in [0.5, 0.6) is 0 Å². The van der Waals surface area contributed by atoms with Gasteiger partial charge in [0.05, 0.1) is 0 Å². The number of nitrogens with one attached hydrogen (secondary N) is 2. The molecule has 0 saturated heterocycles. The second-order valence-electron chi connectivity index (χ2n) is 6.08. The van der Waals surface area contributed by atoms with Crippen LogP contribution in [0, 0.1) is 11.8 Å². The molecule has 0 radical (unpaired) electrons. The molecule has 0 bridgehead atoms. The van der Waals surface area contributed by atoms with E-state index in [0.29, 0.717) is 12.1 Å². The second kappa shape index (κ2) is 7.13. The van der Waals surface area contributed by atoms with Crippen LogP contribution in [-0.2, 0) is 9.59 Å². The summed E-state index contributed by atoms with van der Waals surface area (Å²) in [5.74, 6) is -1.10. The molecule has 1 aliphatic rings. The van der Waals surface area contributed by atoms with Crippen LogP contribution in [0.15, 0.2) is 72.4 Å². The van der Waals surface area contributed by atoms with Crippen molar-refractivity contribution in [1.29, 1.82) is 0 Å². The predicted octanol–water partition coefficient (Wildman–Crippen LogP) is 3.85. The SMILES string of the molecule is C[C@@H]1CC(Nc2ccccc2)=CC(=O)[C@H]1C(=O)Nc1ccccc1. The van der Waals surface area contributed by atoms with E-state index in [4.69, 9.17) is 0 Å². The summed E-state index contributed by atoms with van der Waals surface area (Å²) in [5, 5.41) is 6.09. The van der Waals surface area contributed by atoms with Crippen molar-refractivity contribution in [3.8, 4) is 0 Å². The Morgan fingerprint density at radius 1 is 0.958 bits per heavy atom. The van der Waals surface area contributed by atoms with Crippen LogP contribution < -0.4 is 10.6 Å². The third kappa shape index (κ3) is 3.71. The van der Waals surface area contributed by atoms with E-state index in [0.717, 1.165) is 11.4 Å². The molecule has 0 aliphatic heterocycles. The van der Waals surface area contributed by atoms with Gasteiger partial charge in [-0.05, 0) is 36.6 Å². The van der Waals surface area contributed by atoms with E-state index in [1.165, 1.54) is 0 Å². The minimum atomic E-state index is -0.647. The van der Waals surface area contributed by atoms with Gasteiger partial charge in [-0.1, -0.05) is 43.3 Å². The summed E-state index contributed by atoms with van der Waals surface area (Å²) in [5.41, 5.74) is 2.50. The van der Waals surface area contributed by atoms with Crippen molar-refractivity contribution in [3.63, 3.8) is 0 Å². The van der Waals surface area contributed by atoms with E-state index in [2.05, 4.69) is 10.6 Å². The minimum Gasteiger partial charge on any atom is -0.359 e. The van der Waals surface area contributed by atoms with E-state index in [1.54, 1.807) is 6.08 Å². The average molecular weight is 320 g/mol. The normalized spacial score (nSPS) is 20.2. The minimum absolute atomic E-state index is 0.0579. The highest BCUT2D eigenvalue weighted by molar-refractivity contribution is 6.12. The summed E-state index contributed by atoms with van der Waals surface area (Å²) in [4.78, 5) is 24.9. The monoisotopic (exact) mass is 320 g/mol. The average Bonchev–Trinajstić information content (AvgIpc) is 2.56. The number of anilines is 2. The van der Waals surface area contributed by atoms with Crippen molar-refractivity contribution in [2.75, 3.05) is 10.6 Å². The first kappa shape index (κ1) is 16.0. The lowest BCUT2D eigenvalue weighted by atomic mass is 9.81. The lowest BCUT2D eigenvalue weighted by Gasteiger charge is -2.27. The van der Waals surface area contributed by atoms with Crippen LogP contribution in [0.4, 0.5) is 11.4 Å². The zero-order valence-corrected chi connectivity index (χ0v) is 13.5. The van der Waals surface area contributed by atoms with Crippen molar-refractivity contribution < 1.29 is 9.59 Å². The molecule has 24 heavy (non-hydrogen) atoms. The molecule has 4 heteroatoms. The predicted molar refractivity (Wildman–Crippen MR) is 95.5 cm³/mol. The van der Waals surface area contributed by atoms with Gasteiger partial charge < -0.3 is 10.6 Å². The Balaban J connectivity index is 1.70. The Bertz CT molecular complexity index is 754. The van der Waals surface area contributed by atoms with Crippen molar-refractivity contribution in [2.45, 2.75) is 13.3 Å². The Labute approximate surface area is 141 Å². The topological polar surface area (TPSA) is 58.2 Å². The lowest BCUT2D eigenvalue weighted by molar-refractivity contribution is -0.130. The number of rotatable bonds is 4. The maximum absolute atomic E-state index is 12.5. The number of allylic oxidation sites excluding steroid dienone is 2. The van der Waals surface area contributed by atoms with Gasteiger partial charge in [0, 0.05) is 23.1 Å². The van der Waals surface area contributed by atoms with Gasteiger partial charge in [-0.2, -0.15) is 0 Å². The number of benzene rings is 2. The molecule has 4 nitrogen and oxygen atoms in total. The van der Waals surface area contributed by atoms with E-state index < -0.39 is 5.92 Å². The molecule has 1 aliphatic carbocycles. The maximum atomic E-state index is 12.5. The number of hydrogen-bond donors (Lipinski definition) is 2. The quantitative estimate of drug-likeness (QED) is 0.841. The number of amides is 1. The van der Waals surface area contributed by atoms with Gasteiger partial charge in [0.15, 0.2) is 5.78 Å². The molecule has 2 N–H and O–H groups in total. The van der Waals surface area contributed by atoms with E-state index in [-0.39, 0.29) is 17.6 Å². The van der Waals surface area contributed by atoms with Crippen molar-refractivity contribution >= 4 is 23.1 Å². The van der Waals surface area contributed by atoms with E-state index in [9.17, 15) is 9.59 Å². The third-order valence-corrected chi connectivity index (χ3v) is 4.14. The smallest absolute Gasteiger partial charge is 0.235 e. The molecule has 1 amide bonds. The Hall–Kier alpha value is -2.88. The van der Waals surface area contributed by atoms with Crippen LogP contribution in [0.3, 0.4) is 0 Å². The highest BCUT2D eigenvalue weighted by atomic mass is 16.2. The van der Waals surface area contributed by atoms with Crippen LogP contribution in [0.25, 0.3) is 0 Å². The first-order valence-electron chi connectivity index (χ1n) is 8.06. The largest absolute Gasteiger partial charge is 0.359 e. The second-order valence-corrected chi connectivity index (χ2v) is 6.08. The lowest BCUT2D eigenvalue weighted by Crippen LogP contribution is -2.37. The standard InChI is InChI=1S/C20H20N2O2/c1-14-12-17(21-15-8-4-2-5-9-15)13-18(23)19(14)20(24)22-16-10-6-3-7-11-16/h2-11,13-14,19,21H,12H2,1H3,(H,22,24)/t14-,19+/m1/s1. The molecule has 0 fully saturated rings. The fourth-order valence-electron chi connectivity index (χ4n) is 2.99. The molecule has 0 aromatic heterocycles. The highest BCUT2D eigenvalue weighted by Gasteiger charge is 2.35. The van der Waals surface area contributed by atoms with Gasteiger partial charge in [-0.3, -0.25) is 9.59 Å². The summed E-state index contributed by atoms with van der Waals surface area (Å²) < 4.78 is 0. The molecule has 0 unspecified atom stereocenters. The molecule has 3 rings (SSSR count).